The molecule has 2 aliphatic heterocycles. The average Bonchev–Trinajstić information content (AvgIpc) is 1.14. The summed E-state index contributed by atoms with van der Waals surface area (Å²) in [4.78, 5) is 36.7. The van der Waals surface area contributed by atoms with Crippen LogP contribution >= 0.6 is 0 Å². The number of imidazole rings is 1. The van der Waals surface area contributed by atoms with Crippen LogP contribution in [0.1, 0.15) is 113 Å². The van der Waals surface area contributed by atoms with Crippen LogP contribution in [0.5, 0.6) is 0 Å². The Morgan fingerprint density at radius 2 is 0.662 bits per heavy atom. The van der Waals surface area contributed by atoms with Crippen LogP contribution in [0.2, 0.25) is 0 Å². The van der Waals surface area contributed by atoms with E-state index in [0.29, 0.717) is 87.1 Å². The number of tetrazole rings is 6. The lowest BCUT2D eigenvalue weighted by atomic mass is 9.87. The zero-order valence-electron chi connectivity index (χ0n) is 81.5. The molecule has 0 bridgehead atoms. The summed E-state index contributed by atoms with van der Waals surface area (Å²) in [5.74, 6) is 3.18. The number of hydrogen-bond donors (Lipinski definition) is 10. The summed E-state index contributed by atoms with van der Waals surface area (Å²) in [5.41, 5.74) is 9.81. The second-order valence-electron chi connectivity index (χ2n) is 35.6. The van der Waals surface area contributed by atoms with E-state index >= 15 is 0 Å². The first-order chi connectivity index (χ1) is 71.3. The Morgan fingerprint density at radius 3 is 1.04 bits per heavy atom. The number of nitrogens with zero attached hydrogens (tertiary/aromatic N) is 29. The molecule has 2 aromatic carbocycles. The summed E-state index contributed by atoms with van der Waals surface area (Å²) in [7, 11) is -21.1. The number of sulfone groups is 6. The number of hydrogen-bond acceptors (Lipinski definition) is 44. The summed E-state index contributed by atoms with van der Waals surface area (Å²) < 4.78 is 147. The lowest BCUT2D eigenvalue weighted by Gasteiger charge is -2.34. The summed E-state index contributed by atoms with van der Waals surface area (Å²) in [6.45, 7) is 6.16. The molecule has 16 heterocycles. The van der Waals surface area contributed by atoms with Crippen molar-refractivity contribution < 1.29 is 50.5 Å². The molecule has 51 nitrogen and oxygen atoms in total. The van der Waals surface area contributed by atoms with Crippen molar-refractivity contribution in [3.63, 3.8) is 0 Å². The quantitative estimate of drug-likeness (QED) is 0.0195. The smallest absolute Gasteiger partial charge is 0.209 e. The molecule has 4 fully saturated rings. The second-order valence-corrected chi connectivity index (χ2v) is 47.2. The fourth-order valence-corrected chi connectivity index (χ4v) is 22.7. The van der Waals surface area contributed by atoms with Gasteiger partial charge < -0.3 is 35.6 Å². The fourth-order valence-electron chi connectivity index (χ4n) is 17.7. The molecule has 57 heteroatoms. The van der Waals surface area contributed by atoms with Crippen molar-refractivity contribution in [1.29, 1.82) is 0 Å². The van der Waals surface area contributed by atoms with Gasteiger partial charge in [0.1, 0.15) is 0 Å². The lowest BCUT2D eigenvalue weighted by Crippen LogP contribution is -2.35. The highest BCUT2D eigenvalue weighted by Crippen LogP contribution is 2.41. The van der Waals surface area contributed by atoms with E-state index in [1.165, 1.54) is 99.7 Å². The third kappa shape index (κ3) is 29.1. The van der Waals surface area contributed by atoms with E-state index in [2.05, 4.69) is 211 Å². The van der Waals surface area contributed by atoms with Gasteiger partial charge in [-0.3, -0.25) is 4.98 Å². The van der Waals surface area contributed by atoms with Crippen LogP contribution in [0.25, 0.3) is 68.3 Å². The molecular formula is C91H111N39O12S6. The minimum atomic E-state index is -3.54. The summed E-state index contributed by atoms with van der Waals surface area (Å²) in [5, 5.41) is 95.5. The number of aromatic nitrogens is 33. The van der Waals surface area contributed by atoms with Gasteiger partial charge in [0.2, 0.25) is 34.9 Å². The minimum absolute atomic E-state index is 0.0229. The molecule has 0 atom stereocenters. The number of aromatic amines is 6. The molecule has 10 N–H and O–H groups in total. The van der Waals surface area contributed by atoms with Crippen molar-refractivity contribution in [2.45, 2.75) is 158 Å². The number of anilines is 6. The molecule has 14 aromatic heterocycles. The Labute approximate surface area is 852 Å². The van der Waals surface area contributed by atoms with Crippen LogP contribution in [0.4, 0.5) is 34.1 Å². The van der Waals surface area contributed by atoms with Crippen LogP contribution in [-0.2, 0) is 85.0 Å². The van der Waals surface area contributed by atoms with E-state index in [4.69, 9.17) is 0 Å². The molecule has 0 amide bonds. The van der Waals surface area contributed by atoms with E-state index in [-0.39, 0.29) is 65.1 Å². The Bertz CT molecular complexity index is 7680. The summed E-state index contributed by atoms with van der Waals surface area (Å²) in [6, 6.07) is 34.7. The Balaban J connectivity index is 0.000000133. The minimum Gasteiger partial charge on any atom is -0.384 e. The van der Waals surface area contributed by atoms with E-state index in [1.54, 1.807) is 30.5 Å². The van der Waals surface area contributed by atoms with Crippen LogP contribution in [0.3, 0.4) is 0 Å². The molecule has 2 saturated carbocycles. The maximum atomic E-state index is 12.3. The predicted molar refractivity (Wildman–Crippen MR) is 546 cm³/mol. The first kappa shape index (κ1) is 107. The largest absolute Gasteiger partial charge is 0.384 e. The Kier molecular flexibility index (Phi) is 35.9. The number of benzene rings is 2. The van der Waals surface area contributed by atoms with Gasteiger partial charge in [0.15, 0.2) is 89.2 Å². The normalized spacial score (nSPS) is 14.6. The molecule has 20 rings (SSSR count). The fraction of sp³-hybridized carbons (Fsp3) is 0.385. The highest BCUT2D eigenvalue weighted by molar-refractivity contribution is 7.92. The molecule has 0 spiro atoms. The SMILES string of the molecule is CS(=O)(=O)c1nccc(N2CCC(Cc3ccncc3)CC2)c1-c1nn[nH]n1.CS(=O)(=O)c1nccc(N2CCC(Cn3ccnc3)CC2)c1-c1nn[nH]n1.CS(=O)(=O)c1nccc(NC2CCCCC2)c1-c1nn[nH]n1.CS(=O)(=O)c1nccc(NCCC2CCCCC2)c1-c1nn[nH]n1.CS(=O)(=O)c1nccc(NCCc2ccccc2)c1-c1nn[nH]n1.CS(=O)(=O)c1nccc(NCc2ccccc2)c1-c1nn[nH]n1. The first-order valence-electron chi connectivity index (χ1n) is 47.2. The topological polar surface area (TPSA) is 694 Å². The molecule has 778 valence electrons. The highest BCUT2D eigenvalue weighted by Gasteiger charge is 2.34. The zero-order chi connectivity index (χ0) is 104. The van der Waals surface area contributed by atoms with Gasteiger partial charge in [-0.15, -0.1) is 61.2 Å². The monoisotopic (exact) mass is 2130 g/mol. The molecule has 0 unspecified atom stereocenters. The number of pyridine rings is 7. The standard InChI is InChI=1S/C18H21N7O2S.C16H20N8O2S.C15H22N6O2S.C15H16N6O2S.C14H14N6O2S.C13H18N6O2S/c1-28(26,27)18-16(17-21-23-24-22-17)15(4-9-20-18)25-10-5-14(6-11-25)12-13-2-7-19-8-3-13;1-27(25,26)16-14(15-19-21-22-20-15)13(2-5-18-16)24-7-3-12(4-8-24)10-23-9-6-17-11-23;2*1-24(22,23)15-13(14-18-20-21-19-14)12(8-10-17-15)16-9-7-11-5-3-2-4-6-11;1-23(21,22)14-12(13-17-19-20-18-13)11(7-8-15-14)16-9-10-5-3-2-4-6-10;1-22(20,21)13-11(12-16-18-19-17-12)10(7-8-14-13)15-9-5-3-2-4-6-9/h2-4,7-9,14H,5-6,10-12H2,1H3,(H,21,22,23,24);2,5-6,9,11-12H,3-4,7-8,10H2,1H3,(H,19,20,21,22);8,10-11H,2-7,9H2,1H3,(H,16,17)(H,18,19,20,21);2-6,8,10H,7,9H2,1H3,(H,16,17)(H,18,19,20,21);2-8H,9H2,1H3,(H,15,16)(H,17,18,19,20);7-9H,2-6H2,1H3,(H,14,15)(H,16,17,18,19). The zero-order valence-corrected chi connectivity index (χ0v) is 86.4. The van der Waals surface area contributed by atoms with Gasteiger partial charge in [0, 0.05) is 169 Å². The first-order valence-corrected chi connectivity index (χ1v) is 58.6. The molecule has 16 aromatic rings. The maximum Gasteiger partial charge on any atom is 0.209 e. The van der Waals surface area contributed by atoms with Crippen LogP contribution in [-0.4, -0.2) is 302 Å². The molecule has 4 aliphatic rings. The van der Waals surface area contributed by atoms with Gasteiger partial charge in [-0.1, -0.05) is 112 Å². The van der Waals surface area contributed by atoms with Gasteiger partial charge in [0.25, 0.3) is 0 Å². The number of nitrogens with one attached hydrogen (secondary N) is 10. The van der Waals surface area contributed by atoms with Gasteiger partial charge in [0.05, 0.1) is 62.5 Å². The maximum absolute atomic E-state index is 12.3. The molecular weight excluding hydrogens is 2020 g/mol. The van der Waals surface area contributed by atoms with Crippen molar-refractivity contribution in [2.24, 2.45) is 17.8 Å². The van der Waals surface area contributed by atoms with Gasteiger partial charge >= 0.3 is 0 Å². The summed E-state index contributed by atoms with van der Waals surface area (Å²) >= 11 is 0. The second kappa shape index (κ2) is 49.7. The van der Waals surface area contributed by atoms with Crippen molar-refractivity contribution >= 4 is 93.1 Å². The van der Waals surface area contributed by atoms with Gasteiger partial charge in [-0.05, 0) is 172 Å². The highest BCUT2D eigenvalue weighted by atomic mass is 32.2. The van der Waals surface area contributed by atoms with Crippen molar-refractivity contribution in [3.05, 3.63) is 194 Å². The number of rotatable bonds is 31. The van der Waals surface area contributed by atoms with E-state index in [0.717, 1.165) is 157 Å². The van der Waals surface area contributed by atoms with Crippen molar-refractivity contribution in [3.8, 4) is 68.3 Å². The number of H-pyrrole nitrogens is 6. The molecule has 148 heavy (non-hydrogen) atoms. The summed E-state index contributed by atoms with van der Waals surface area (Å²) in [6.07, 6.45) is 44.1. The predicted octanol–water partition coefficient (Wildman–Crippen LogP) is 8.35. The Hall–Kier alpha value is -15.4. The van der Waals surface area contributed by atoms with Crippen molar-refractivity contribution in [1.82, 2.24) is 168 Å². The lowest BCUT2D eigenvalue weighted by molar-refractivity contribution is 0.345. The third-order valence-electron chi connectivity index (χ3n) is 24.6. The average molecular weight is 2140 g/mol. The molecule has 2 aliphatic carbocycles. The van der Waals surface area contributed by atoms with E-state index in [9.17, 15) is 50.5 Å². The van der Waals surface area contributed by atoms with E-state index < -0.39 is 59.0 Å². The van der Waals surface area contributed by atoms with Crippen LogP contribution in [0, 0.1) is 17.8 Å². The Morgan fingerprint density at radius 1 is 0.318 bits per heavy atom. The van der Waals surface area contributed by atoms with Gasteiger partial charge in [-0.25, -0.2) is 85.4 Å². The van der Waals surface area contributed by atoms with Crippen LogP contribution in [0.15, 0.2) is 208 Å². The molecule has 0 radical (unpaired) electrons. The number of piperidine rings is 2. The third-order valence-corrected chi connectivity index (χ3v) is 30.7. The van der Waals surface area contributed by atoms with Crippen LogP contribution < -0.4 is 31.1 Å². The van der Waals surface area contributed by atoms with Crippen molar-refractivity contribution in [2.75, 3.05) is 108 Å². The van der Waals surface area contributed by atoms with E-state index in [1.807, 2.05) is 97.7 Å². The molecule has 2 saturated heterocycles. The van der Waals surface area contributed by atoms with Gasteiger partial charge in [-0.2, -0.15) is 31.3 Å².